The van der Waals surface area contributed by atoms with Crippen LogP contribution in [0.1, 0.15) is 52.4 Å². The van der Waals surface area contributed by atoms with Crippen molar-refractivity contribution in [2.24, 2.45) is 5.41 Å². The first-order valence-electron chi connectivity index (χ1n) is 7.71. The van der Waals surface area contributed by atoms with Gasteiger partial charge >= 0.3 is 5.97 Å². The number of carboxylic acid groups (broad SMARTS) is 1. The smallest absolute Gasteiger partial charge is 0.309 e. The van der Waals surface area contributed by atoms with Crippen LogP contribution in [-0.4, -0.2) is 47.1 Å². The minimum absolute atomic E-state index is 0.146. The minimum atomic E-state index is -0.714. The van der Waals surface area contributed by atoms with Crippen LogP contribution in [0.2, 0.25) is 0 Å². The van der Waals surface area contributed by atoms with E-state index >= 15 is 0 Å². The number of carbonyl (C=O) groups excluding carboxylic acids is 1. The summed E-state index contributed by atoms with van der Waals surface area (Å²) in [7, 11) is 0. The van der Waals surface area contributed by atoms with E-state index in [0.29, 0.717) is 32.4 Å². The Morgan fingerprint density at radius 2 is 1.85 bits per heavy atom. The topological polar surface area (TPSA) is 69.6 Å². The number of aliphatic carboxylic acids is 1. The molecule has 2 aliphatic heterocycles. The molecule has 5 heteroatoms. The van der Waals surface area contributed by atoms with Crippen LogP contribution in [0.15, 0.2) is 0 Å². The molecule has 2 fully saturated rings. The Bertz CT molecular complexity index is 381. The van der Waals surface area contributed by atoms with Gasteiger partial charge in [-0.25, -0.2) is 0 Å². The Labute approximate surface area is 120 Å². The monoisotopic (exact) mass is 282 g/mol. The summed E-state index contributed by atoms with van der Waals surface area (Å²) in [6.07, 6.45) is 4.86. The van der Waals surface area contributed by atoms with E-state index < -0.39 is 16.9 Å². The maximum absolute atomic E-state index is 12.7. The van der Waals surface area contributed by atoms with E-state index in [9.17, 15) is 14.7 Å². The Hall–Kier alpha value is -1.10. The van der Waals surface area contributed by atoms with Gasteiger partial charge in [-0.3, -0.25) is 9.59 Å². The minimum Gasteiger partial charge on any atom is -0.481 e. The second-order valence-electron chi connectivity index (χ2n) is 6.45. The molecule has 1 atom stereocenters. The lowest BCUT2D eigenvalue weighted by atomic mass is 9.75. The lowest BCUT2D eigenvalue weighted by Crippen LogP contribution is -2.60. The average Bonchev–Trinajstić information content (AvgIpc) is 2.47. The molecular weight excluding hydrogens is 256 g/mol. The molecule has 0 radical (unpaired) electrons. The third kappa shape index (κ3) is 2.68. The maximum Gasteiger partial charge on any atom is 0.309 e. The van der Waals surface area contributed by atoms with E-state index in [2.05, 4.69) is 5.32 Å². The van der Waals surface area contributed by atoms with Crippen molar-refractivity contribution >= 4 is 11.9 Å². The number of amides is 1. The lowest BCUT2D eigenvalue weighted by molar-refractivity contribution is -0.156. The zero-order valence-electron chi connectivity index (χ0n) is 12.6. The van der Waals surface area contributed by atoms with Crippen LogP contribution in [-0.2, 0) is 9.59 Å². The van der Waals surface area contributed by atoms with Gasteiger partial charge in [-0.05, 0) is 52.0 Å². The Kier molecular flexibility index (Phi) is 4.37. The standard InChI is InChI=1S/C15H26N2O3/c1-3-15(13(19)20)7-10-17(11-8-15)12(18)14(2)6-4-5-9-16-14/h16H,3-11H2,1-2H3,(H,19,20). The van der Waals surface area contributed by atoms with Crippen molar-refractivity contribution in [2.45, 2.75) is 57.9 Å². The van der Waals surface area contributed by atoms with E-state index in [-0.39, 0.29) is 5.91 Å². The number of likely N-dealkylation sites (tertiary alicyclic amines) is 1. The average molecular weight is 282 g/mol. The summed E-state index contributed by atoms with van der Waals surface area (Å²) in [5.41, 5.74) is -1.08. The van der Waals surface area contributed by atoms with Gasteiger partial charge in [-0.1, -0.05) is 6.92 Å². The fraction of sp³-hybridized carbons (Fsp3) is 0.867. The van der Waals surface area contributed by atoms with Crippen molar-refractivity contribution in [3.63, 3.8) is 0 Å². The number of nitrogens with one attached hydrogen (secondary N) is 1. The molecule has 0 aromatic carbocycles. The Morgan fingerprint density at radius 3 is 2.30 bits per heavy atom. The summed E-state index contributed by atoms with van der Waals surface area (Å²) in [5, 5.41) is 12.7. The molecule has 2 heterocycles. The largest absolute Gasteiger partial charge is 0.481 e. The van der Waals surface area contributed by atoms with Crippen LogP contribution in [0.4, 0.5) is 0 Å². The fourth-order valence-electron chi connectivity index (χ4n) is 3.44. The summed E-state index contributed by atoms with van der Waals surface area (Å²) in [6, 6.07) is 0. The predicted octanol–water partition coefficient (Wildman–Crippen LogP) is 1.62. The van der Waals surface area contributed by atoms with E-state index in [1.165, 1.54) is 0 Å². The number of hydrogen-bond acceptors (Lipinski definition) is 3. The number of carboxylic acids is 1. The number of carbonyl (C=O) groups is 2. The van der Waals surface area contributed by atoms with E-state index in [1.54, 1.807) is 0 Å². The van der Waals surface area contributed by atoms with E-state index in [1.807, 2.05) is 18.7 Å². The SMILES string of the molecule is CCC1(C(=O)O)CCN(C(=O)C2(C)CCCCN2)CC1. The molecule has 2 rings (SSSR count). The molecule has 5 nitrogen and oxygen atoms in total. The molecular formula is C15H26N2O3. The molecule has 0 bridgehead atoms. The molecule has 0 aromatic rings. The highest BCUT2D eigenvalue weighted by Gasteiger charge is 2.44. The molecule has 1 unspecified atom stereocenters. The Morgan fingerprint density at radius 1 is 1.20 bits per heavy atom. The second kappa shape index (κ2) is 5.72. The van der Waals surface area contributed by atoms with Gasteiger partial charge in [0, 0.05) is 13.1 Å². The predicted molar refractivity (Wildman–Crippen MR) is 76.4 cm³/mol. The Balaban J connectivity index is 1.99. The van der Waals surface area contributed by atoms with Gasteiger partial charge < -0.3 is 15.3 Å². The van der Waals surface area contributed by atoms with E-state index in [4.69, 9.17) is 0 Å². The molecule has 0 spiro atoms. The van der Waals surface area contributed by atoms with Gasteiger partial charge in [0.1, 0.15) is 0 Å². The number of rotatable bonds is 3. The summed E-state index contributed by atoms with van der Waals surface area (Å²) in [4.78, 5) is 25.9. The van der Waals surface area contributed by atoms with Gasteiger partial charge in [0.25, 0.3) is 0 Å². The van der Waals surface area contributed by atoms with Crippen LogP contribution in [0, 0.1) is 5.41 Å². The third-order valence-corrected chi connectivity index (χ3v) is 5.23. The van der Waals surface area contributed by atoms with Gasteiger partial charge in [0.2, 0.25) is 5.91 Å². The van der Waals surface area contributed by atoms with Crippen LogP contribution in [0.3, 0.4) is 0 Å². The second-order valence-corrected chi connectivity index (χ2v) is 6.45. The van der Waals surface area contributed by atoms with Crippen LogP contribution < -0.4 is 5.32 Å². The van der Waals surface area contributed by atoms with Gasteiger partial charge in [0.05, 0.1) is 11.0 Å². The molecule has 20 heavy (non-hydrogen) atoms. The number of hydrogen-bond donors (Lipinski definition) is 2. The van der Waals surface area contributed by atoms with Crippen LogP contribution in [0.5, 0.6) is 0 Å². The zero-order valence-corrected chi connectivity index (χ0v) is 12.6. The molecule has 114 valence electrons. The number of piperidine rings is 2. The van der Waals surface area contributed by atoms with Crippen molar-refractivity contribution in [1.29, 1.82) is 0 Å². The first kappa shape index (κ1) is 15.3. The highest BCUT2D eigenvalue weighted by Crippen LogP contribution is 2.36. The highest BCUT2D eigenvalue weighted by molar-refractivity contribution is 5.86. The highest BCUT2D eigenvalue weighted by atomic mass is 16.4. The summed E-state index contributed by atoms with van der Waals surface area (Å²) >= 11 is 0. The van der Waals surface area contributed by atoms with Crippen molar-refractivity contribution < 1.29 is 14.7 Å². The zero-order chi connectivity index (χ0) is 14.8. The molecule has 2 saturated heterocycles. The molecule has 0 aliphatic carbocycles. The van der Waals surface area contributed by atoms with Gasteiger partial charge in [-0.2, -0.15) is 0 Å². The summed E-state index contributed by atoms with van der Waals surface area (Å²) in [6.45, 7) is 5.93. The quantitative estimate of drug-likeness (QED) is 0.825. The van der Waals surface area contributed by atoms with Crippen molar-refractivity contribution in [2.75, 3.05) is 19.6 Å². The lowest BCUT2D eigenvalue weighted by Gasteiger charge is -2.43. The molecule has 2 N–H and O–H groups in total. The fourth-order valence-corrected chi connectivity index (χ4v) is 3.44. The van der Waals surface area contributed by atoms with Crippen LogP contribution in [0.25, 0.3) is 0 Å². The first-order valence-corrected chi connectivity index (χ1v) is 7.71. The molecule has 0 saturated carbocycles. The third-order valence-electron chi connectivity index (χ3n) is 5.23. The van der Waals surface area contributed by atoms with Gasteiger partial charge in [-0.15, -0.1) is 0 Å². The van der Waals surface area contributed by atoms with Crippen molar-refractivity contribution in [1.82, 2.24) is 10.2 Å². The maximum atomic E-state index is 12.7. The van der Waals surface area contributed by atoms with Crippen molar-refractivity contribution in [3.05, 3.63) is 0 Å². The first-order chi connectivity index (χ1) is 9.43. The summed E-state index contributed by atoms with van der Waals surface area (Å²) in [5.74, 6) is -0.568. The van der Waals surface area contributed by atoms with Crippen molar-refractivity contribution in [3.8, 4) is 0 Å². The molecule has 1 amide bonds. The van der Waals surface area contributed by atoms with Gasteiger partial charge in [0.15, 0.2) is 0 Å². The van der Waals surface area contributed by atoms with Crippen LogP contribution >= 0.6 is 0 Å². The van der Waals surface area contributed by atoms with E-state index in [0.717, 1.165) is 25.8 Å². The molecule has 2 aliphatic rings. The molecule has 0 aromatic heterocycles. The normalized spacial score (nSPS) is 30.0. The number of nitrogens with zero attached hydrogens (tertiary/aromatic N) is 1. The summed E-state index contributed by atoms with van der Waals surface area (Å²) < 4.78 is 0.